The molecule has 1 aromatic heterocycles. The third-order valence-corrected chi connectivity index (χ3v) is 3.90. The van der Waals surface area contributed by atoms with Gasteiger partial charge in [0.25, 0.3) is 0 Å². The summed E-state index contributed by atoms with van der Waals surface area (Å²) < 4.78 is 0. The SMILES string of the molecule is O=C(CN1CCN(Cc2cccnc2)CC1)NC1CC1. The molecule has 5 nitrogen and oxygen atoms in total. The largest absolute Gasteiger partial charge is 0.352 e. The third kappa shape index (κ3) is 4.02. The molecule has 0 atom stereocenters. The van der Waals surface area contributed by atoms with E-state index < -0.39 is 0 Å². The van der Waals surface area contributed by atoms with Gasteiger partial charge in [0.15, 0.2) is 0 Å². The van der Waals surface area contributed by atoms with E-state index in [1.807, 2.05) is 12.3 Å². The summed E-state index contributed by atoms with van der Waals surface area (Å²) in [6.07, 6.45) is 6.05. The van der Waals surface area contributed by atoms with Crippen LogP contribution in [-0.2, 0) is 11.3 Å². The van der Waals surface area contributed by atoms with Crippen LogP contribution in [0.4, 0.5) is 0 Å². The summed E-state index contributed by atoms with van der Waals surface area (Å²) in [5.74, 6) is 0.188. The van der Waals surface area contributed by atoms with Gasteiger partial charge in [-0.15, -0.1) is 0 Å². The number of piperazine rings is 1. The molecule has 2 aliphatic rings. The Labute approximate surface area is 120 Å². The molecule has 1 aromatic rings. The lowest BCUT2D eigenvalue weighted by Gasteiger charge is -2.34. The van der Waals surface area contributed by atoms with Crippen molar-refractivity contribution in [2.24, 2.45) is 0 Å². The van der Waals surface area contributed by atoms with Gasteiger partial charge < -0.3 is 5.32 Å². The first kappa shape index (κ1) is 13.5. The van der Waals surface area contributed by atoms with Crippen molar-refractivity contribution in [1.82, 2.24) is 20.1 Å². The van der Waals surface area contributed by atoms with E-state index in [0.717, 1.165) is 45.6 Å². The van der Waals surface area contributed by atoms with Crippen LogP contribution in [0, 0.1) is 0 Å². The lowest BCUT2D eigenvalue weighted by molar-refractivity contribution is -0.122. The minimum absolute atomic E-state index is 0.188. The summed E-state index contributed by atoms with van der Waals surface area (Å²) in [5, 5.41) is 3.05. The number of carbonyl (C=O) groups is 1. The Morgan fingerprint density at radius 3 is 2.65 bits per heavy atom. The van der Waals surface area contributed by atoms with Crippen LogP contribution in [-0.4, -0.2) is 59.5 Å². The van der Waals surface area contributed by atoms with E-state index in [9.17, 15) is 4.79 Å². The van der Waals surface area contributed by atoms with Crippen LogP contribution < -0.4 is 5.32 Å². The van der Waals surface area contributed by atoms with Crippen molar-refractivity contribution in [1.29, 1.82) is 0 Å². The molecule has 3 rings (SSSR count). The van der Waals surface area contributed by atoms with E-state index in [1.54, 1.807) is 6.20 Å². The molecule has 20 heavy (non-hydrogen) atoms. The first-order valence-corrected chi connectivity index (χ1v) is 7.42. The van der Waals surface area contributed by atoms with E-state index in [2.05, 4.69) is 26.2 Å². The minimum Gasteiger partial charge on any atom is -0.352 e. The predicted molar refractivity (Wildman–Crippen MR) is 77.1 cm³/mol. The Morgan fingerprint density at radius 2 is 2.00 bits per heavy atom. The number of carbonyl (C=O) groups excluding carboxylic acids is 1. The van der Waals surface area contributed by atoms with Gasteiger partial charge >= 0.3 is 0 Å². The summed E-state index contributed by atoms with van der Waals surface area (Å²) in [6, 6.07) is 4.56. The molecule has 0 spiro atoms. The van der Waals surface area contributed by atoms with Gasteiger partial charge in [0.2, 0.25) is 5.91 Å². The molecule has 2 fully saturated rings. The second kappa shape index (κ2) is 6.33. The molecular formula is C15H22N4O. The van der Waals surface area contributed by atoms with E-state index >= 15 is 0 Å². The average Bonchev–Trinajstić information content (AvgIpc) is 3.26. The Kier molecular flexibility index (Phi) is 4.28. The fourth-order valence-corrected chi connectivity index (χ4v) is 2.56. The van der Waals surface area contributed by atoms with Crippen LogP contribution in [0.1, 0.15) is 18.4 Å². The number of aromatic nitrogens is 1. The number of amides is 1. The highest BCUT2D eigenvalue weighted by Gasteiger charge is 2.25. The first-order valence-electron chi connectivity index (χ1n) is 7.42. The van der Waals surface area contributed by atoms with Gasteiger partial charge in [0, 0.05) is 51.2 Å². The van der Waals surface area contributed by atoms with Crippen LogP contribution in [0.5, 0.6) is 0 Å². The van der Waals surface area contributed by atoms with Crippen molar-refractivity contribution in [2.45, 2.75) is 25.4 Å². The second-order valence-electron chi connectivity index (χ2n) is 5.76. The summed E-state index contributed by atoms with van der Waals surface area (Å²) in [6.45, 7) is 5.49. The summed E-state index contributed by atoms with van der Waals surface area (Å²) in [7, 11) is 0. The molecule has 1 saturated carbocycles. The highest BCUT2D eigenvalue weighted by Crippen LogP contribution is 2.18. The van der Waals surface area contributed by atoms with E-state index in [0.29, 0.717) is 12.6 Å². The second-order valence-corrected chi connectivity index (χ2v) is 5.76. The summed E-state index contributed by atoms with van der Waals surface area (Å²) >= 11 is 0. The van der Waals surface area contributed by atoms with Crippen molar-refractivity contribution in [3.8, 4) is 0 Å². The summed E-state index contributed by atoms with van der Waals surface area (Å²) in [5.41, 5.74) is 1.26. The van der Waals surface area contributed by atoms with Crippen molar-refractivity contribution >= 4 is 5.91 Å². The van der Waals surface area contributed by atoms with E-state index in [-0.39, 0.29) is 5.91 Å². The number of rotatable bonds is 5. The van der Waals surface area contributed by atoms with Gasteiger partial charge in [-0.3, -0.25) is 19.6 Å². The first-order chi connectivity index (χ1) is 9.79. The van der Waals surface area contributed by atoms with Gasteiger partial charge in [0.05, 0.1) is 6.54 Å². The van der Waals surface area contributed by atoms with Crippen LogP contribution in [0.3, 0.4) is 0 Å². The van der Waals surface area contributed by atoms with Crippen LogP contribution in [0.25, 0.3) is 0 Å². The maximum Gasteiger partial charge on any atom is 0.234 e. The van der Waals surface area contributed by atoms with Crippen molar-refractivity contribution in [2.75, 3.05) is 32.7 Å². The topological polar surface area (TPSA) is 48.5 Å². The van der Waals surface area contributed by atoms with Gasteiger partial charge in [-0.05, 0) is 24.5 Å². The molecule has 0 unspecified atom stereocenters. The maximum atomic E-state index is 11.8. The minimum atomic E-state index is 0.188. The van der Waals surface area contributed by atoms with Gasteiger partial charge in [-0.1, -0.05) is 6.07 Å². The number of nitrogens with zero attached hydrogens (tertiary/aromatic N) is 3. The third-order valence-electron chi connectivity index (χ3n) is 3.90. The van der Waals surface area contributed by atoms with Gasteiger partial charge in [-0.25, -0.2) is 0 Å². The Hall–Kier alpha value is -1.46. The number of nitrogens with one attached hydrogen (secondary N) is 1. The maximum absolute atomic E-state index is 11.8. The molecule has 0 aromatic carbocycles. The molecule has 1 aliphatic heterocycles. The number of pyridine rings is 1. The highest BCUT2D eigenvalue weighted by molar-refractivity contribution is 5.78. The molecule has 1 amide bonds. The highest BCUT2D eigenvalue weighted by atomic mass is 16.2. The van der Waals surface area contributed by atoms with Gasteiger partial charge in [0.1, 0.15) is 0 Å². The average molecular weight is 274 g/mol. The zero-order valence-electron chi connectivity index (χ0n) is 11.8. The van der Waals surface area contributed by atoms with E-state index in [1.165, 1.54) is 5.56 Å². The molecule has 0 radical (unpaired) electrons. The smallest absolute Gasteiger partial charge is 0.234 e. The number of hydrogen-bond donors (Lipinski definition) is 1. The zero-order chi connectivity index (χ0) is 13.8. The predicted octanol–water partition coefficient (Wildman–Crippen LogP) is 0.478. The van der Waals surface area contributed by atoms with Crippen molar-refractivity contribution in [3.05, 3.63) is 30.1 Å². The Balaban J connectivity index is 1.39. The Morgan fingerprint density at radius 1 is 1.25 bits per heavy atom. The van der Waals surface area contributed by atoms with Crippen molar-refractivity contribution < 1.29 is 4.79 Å². The van der Waals surface area contributed by atoms with Crippen LogP contribution in [0.15, 0.2) is 24.5 Å². The normalized spacial score (nSPS) is 20.8. The van der Waals surface area contributed by atoms with E-state index in [4.69, 9.17) is 0 Å². The molecule has 2 heterocycles. The lowest BCUT2D eigenvalue weighted by Crippen LogP contribution is -2.49. The van der Waals surface area contributed by atoms with Crippen molar-refractivity contribution in [3.63, 3.8) is 0 Å². The Bertz CT molecular complexity index is 438. The molecular weight excluding hydrogens is 252 g/mol. The zero-order valence-corrected chi connectivity index (χ0v) is 11.8. The molecule has 1 aliphatic carbocycles. The monoisotopic (exact) mass is 274 g/mol. The fraction of sp³-hybridized carbons (Fsp3) is 0.600. The van der Waals surface area contributed by atoms with Crippen LogP contribution in [0.2, 0.25) is 0 Å². The number of hydrogen-bond acceptors (Lipinski definition) is 4. The molecule has 108 valence electrons. The molecule has 5 heteroatoms. The molecule has 0 bridgehead atoms. The summed E-state index contributed by atoms with van der Waals surface area (Å²) in [4.78, 5) is 20.6. The lowest BCUT2D eigenvalue weighted by atomic mass is 10.2. The van der Waals surface area contributed by atoms with Gasteiger partial charge in [-0.2, -0.15) is 0 Å². The quantitative estimate of drug-likeness (QED) is 0.848. The fourth-order valence-electron chi connectivity index (χ4n) is 2.56. The molecule has 1 N–H and O–H groups in total. The standard InChI is InChI=1S/C15H22N4O/c20-15(17-14-3-4-14)12-19-8-6-18(7-9-19)11-13-2-1-5-16-10-13/h1-2,5,10,14H,3-4,6-9,11-12H2,(H,17,20). The molecule has 1 saturated heterocycles. The van der Waals surface area contributed by atoms with Crippen LogP contribution >= 0.6 is 0 Å².